The molecule has 1 heterocycles. The second-order valence-corrected chi connectivity index (χ2v) is 10.0. The normalized spacial score (nSPS) is 12.2. The van der Waals surface area contributed by atoms with E-state index < -0.39 is 5.91 Å². The molecule has 8 nitrogen and oxygen atoms in total. The van der Waals surface area contributed by atoms with Gasteiger partial charge in [0.2, 0.25) is 5.91 Å². The highest BCUT2D eigenvalue weighted by atomic mass is 32.2. The van der Waals surface area contributed by atoms with Crippen molar-refractivity contribution < 1.29 is 23.9 Å². The number of benzene rings is 4. The SMILES string of the molecule is O=C(CSc1ccc(NC(=O)/C(=C/c2ccccc2)NC(=O)c2ccccc2)cc1)Nc1ccc2c(c1)OCCO2. The van der Waals surface area contributed by atoms with Crippen LogP contribution in [0.25, 0.3) is 6.08 Å². The number of amides is 3. The van der Waals surface area contributed by atoms with Crippen molar-refractivity contribution in [2.24, 2.45) is 0 Å². The third-order valence-corrected chi connectivity index (χ3v) is 6.96. The molecular weight excluding hydrogens is 538 g/mol. The van der Waals surface area contributed by atoms with Crippen LogP contribution in [-0.2, 0) is 9.59 Å². The van der Waals surface area contributed by atoms with Crippen LogP contribution in [0.15, 0.2) is 114 Å². The van der Waals surface area contributed by atoms with E-state index in [1.165, 1.54) is 11.8 Å². The van der Waals surface area contributed by atoms with E-state index in [2.05, 4.69) is 16.0 Å². The Morgan fingerprint density at radius 3 is 2.12 bits per heavy atom. The molecule has 4 aromatic carbocycles. The molecule has 0 radical (unpaired) electrons. The maximum atomic E-state index is 13.2. The summed E-state index contributed by atoms with van der Waals surface area (Å²) in [5, 5.41) is 8.43. The molecule has 0 atom stereocenters. The van der Waals surface area contributed by atoms with E-state index >= 15 is 0 Å². The first-order chi connectivity index (χ1) is 20.0. The number of ether oxygens (including phenoxy) is 2. The molecule has 9 heteroatoms. The van der Waals surface area contributed by atoms with Gasteiger partial charge in [-0.1, -0.05) is 48.5 Å². The lowest BCUT2D eigenvalue weighted by Crippen LogP contribution is -2.30. The van der Waals surface area contributed by atoms with Gasteiger partial charge in [0.1, 0.15) is 18.9 Å². The molecule has 4 aromatic rings. The van der Waals surface area contributed by atoms with Crippen molar-refractivity contribution in [2.75, 3.05) is 29.6 Å². The molecular formula is C32H27N3O5S. The Morgan fingerprint density at radius 2 is 1.39 bits per heavy atom. The molecule has 41 heavy (non-hydrogen) atoms. The van der Waals surface area contributed by atoms with Crippen molar-refractivity contribution in [3.63, 3.8) is 0 Å². The lowest BCUT2D eigenvalue weighted by Gasteiger charge is -2.19. The molecule has 0 unspecified atom stereocenters. The van der Waals surface area contributed by atoms with Crippen LogP contribution >= 0.6 is 11.8 Å². The van der Waals surface area contributed by atoms with Gasteiger partial charge in [0, 0.05) is 27.9 Å². The summed E-state index contributed by atoms with van der Waals surface area (Å²) in [6.45, 7) is 0.984. The van der Waals surface area contributed by atoms with Crippen molar-refractivity contribution in [1.29, 1.82) is 0 Å². The van der Waals surface area contributed by atoms with E-state index in [1.807, 2.05) is 48.5 Å². The van der Waals surface area contributed by atoms with Crippen LogP contribution in [-0.4, -0.2) is 36.7 Å². The van der Waals surface area contributed by atoms with Gasteiger partial charge in [-0.25, -0.2) is 0 Å². The van der Waals surface area contributed by atoms with E-state index in [4.69, 9.17) is 9.47 Å². The molecule has 206 valence electrons. The Labute approximate surface area is 241 Å². The Bertz CT molecular complexity index is 1560. The van der Waals surface area contributed by atoms with E-state index in [0.29, 0.717) is 41.7 Å². The number of carbonyl (C=O) groups excluding carboxylic acids is 3. The number of hydrogen-bond acceptors (Lipinski definition) is 6. The van der Waals surface area contributed by atoms with Crippen LogP contribution in [0.4, 0.5) is 11.4 Å². The molecule has 1 aliphatic rings. The fourth-order valence-corrected chi connectivity index (χ4v) is 4.66. The van der Waals surface area contributed by atoms with E-state index in [0.717, 1.165) is 10.5 Å². The molecule has 1 aliphatic heterocycles. The van der Waals surface area contributed by atoms with Crippen LogP contribution < -0.4 is 25.4 Å². The number of fused-ring (bicyclic) bond motifs is 1. The van der Waals surface area contributed by atoms with Gasteiger partial charge in [-0.05, 0) is 60.2 Å². The first-order valence-corrected chi connectivity index (χ1v) is 13.9. The monoisotopic (exact) mass is 565 g/mol. The summed E-state index contributed by atoms with van der Waals surface area (Å²) < 4.78 is 11.1. The van der Waals surface area contributed by atoms with Crippen molar-refractivity contribution >= 4 is 46.9 Å². The van der Waals surface area contributed by atoms with Gasteiger partial charge in [-0.2, -0.15) is 0 Å². The number of rotatable bonds is 9. The zero-order valence-electron chi connectivity index (χ0n) is 22.0. The Morgan fingerprint density at radius 1 is 0.732 bits per heavy atom. The van der Waals surface area contributed by atoms with Crippen LogP contribution in [0.1, 0.15) is 15.9 Å². The van der Waals surface area contributed by atoms with Crippen LogP contribution in [0, 0.1) is 0 Å². The summed E-state index contributed by atoms with van der Waals surface area (Å²) >= 11 is 1.37. The molecule has 0 spiro atoms. The van der Waals surface area contributed by atoms with Crippen molar-refractivity contribution in [2.45, 2.75) is 4.90 Å². The summed E-state index contributed by atoms with van der Waals surface area (Å²) in [7, 11) is 0. The average Bonchev–Trinajstić information content (AvgIpc) is 3.01. The number of nitrogens with one attached hydrogen (secondary N) is 3. The molecule has 0 fully saturated rings. The smallest absolute Gasteiger partial charge is 0.272 e. The lowest BCUT2D eigenvalue weighted by molar-refractivity contribution is -0.114. The highest BCUT2D eigenvalue weighted by Gasteiger charge is 2.16. The molecule has 0 saturated carbocycles. The molecule has 3 N–H and O–H groups in total. The molecule has 0 aromatic heterocycles. The first kappa shape index (κ1) is 27.5. The van der Waals surface area contributed by atoms with Crippen LogP contribution in [0.2, 0.25) is 0 Å². The highest BCUT2D eigenvalue weighted by Crippen LogP contribution is 2.32. The quantitative estimate of drug-likeness (QED) is 0.180. The molecule has 5 rings (SSSR count). The summed E-state index contributed by atoms with van der Waals surface area (Å²) in [5.74, 6) is 0.476. The minimum Gasteiger partial charge on any atom is -0.486 e. The van der Waals surface area contributed by atoms with Gasteiger partial charge in [-0.15, -0.1) is 11.8 Å². The topological polar surface area (TPSA) is 106 Å². The zero-order valence-corrected chi connectivity index (χ0v) is 22.8. The first-order valence-electron chi connectivity index (χ1n) is 12.9. The summed E-state index contributed by atoms with van der Waals surface area (Å²) in [6.07, 6.45) is 1.63. The van der Waals surface area contributed by atoms with Gasteiger partial charge in [0.05, 0.1) is 5.75 Å². The molecule has 3 amide bonds. The molecule has 0 aliphatic carbocycles. The average molecular weight is 566 g/mol. The standard InChI is InChI=1S/C32H27N3O5S/c36-30(33-25-13-16-28-29(20-25)40-18-17-39-28)21-41-26-14-11-24(12-15-26)34-32(38)27(19-22-7-3-1-4-8-22)35-31(37)23-9-5-2-6-10-23/h1-16,19-20H,17-18,21H2,(H,33,36)(H,34,38)(H,35,37)/b27-19-. The second-order valence-electron chi connectivity index (χ2n) is 8.96. The van der Waals surface area contributed by atoms with Gasteiger partial charge >= 0.3 is 0 Å². The summed E-state index contributed by atoms with van der Waals surface area (Å²) in [6, 6.07) is 30.4. The van der Waals surface area contributed by atoms with Gasteiger partial charge in [0.25, 0.3) is 11.8 Å². The largest absolute Gasteiger partial charge is 0.486 e. The van der Waals surface area contributed by atoms with Crippen molar-refractivity contribution in [3.05, 3.63) is 120 Å². The predicted molar refractivity (Wildman–Crippen MR) is 160 cm³/mol. The number of carbonyl (C=O) groups is 3. The highest BCUT2D eigenvalue weighted by molar-refractivity contribution is 8.00. The molecule has 0 bridgehead atoms. The van der Waals surface area contributed by atoms with Crippen LogP contribution in [0.5, 0.6) is 11.5 Å². The van der Waals surface area contributed by atoms with Crippen LogP contribution in [0.3, 0.4) is 0 Å². The van der Waals surface area contributed by atoms with E-state index in [1.54, 1.807) is 60.7 Å². The third-order valence-electron chi connectivity index (χ3n) is 5.95. The zero-order chi connectivity index (χ0) is 28.4. The van der Waals surface area contributed by atoms with Crippen molar-refractivity contribution in [1.82, 2.24) is 5.32 Å². The lowest BCUT2D eigenvalue weighted by atomic mass is 10.1. The third kappa shape index (κ3) is 7.77. The van der Waals surface area contributed by atoms with E-state index in [-0.39, 0.29) is 23.3 Å². The number of thioether (sulfide) groups is 1. The Kier molecular flexibility index (Phi) is 8.98. The maximum absolute atomic E-state index is 13.2. The predicted octanol–water partition coefficient (Wildman–Crippen LogP) is 5.60. The number of hydrogen-bond donors (Lipinski definition) is 3. The minimum atomic E-state index is -0.461. The van der Waals surface area contributed by atoms with Gasteiger partial charge < -0.3 is 25.4 Å². The van der Waals surface area contributed by atoms with Gasteiger partial charge in [-0.3, -0.25) is 14.4 Å². The number of anilines is 2. The summed E-state index contributed by atoms with van der Waals surface area (Å²) in [5.41, 5.74) is 2.51. The van der Waals surface area contributed by atoms with Crippen molar-refractivity contribution in [3.8, 4) is 11.5 Å². The Hall–Kier alpha value is -5.02. The minimum absolute atomic E-state index is 0.110. The molecule has 0 saturated heterocycles. The van der Waals surface area contributed by atoms with Gasteiger partial charge in [0.15, 0.2) is 11.5 Å². The second kappa shape index (κ2) is 13.4. The summed E-state index contributed by atoms with van der Waals surface area (Å²) in [4.78, 5) is 39.3. The fourth-order valence-electron chi connectivity index (χ4n) is 3.96. The fraction of sp³-hybridized carbons (Fsp3) is 0.0938. The Balaban J connectivity index is 1.18. The van der Waals surface area contributed by atoms with E-state index in [9.17, 15) is 14.4 Å². The maximum Gasteiger partial charge on any atom is 0.272 e.